The number of nitrogens with zero attached hydrogens (tertiary/aromatic N) is 2. The van der Waals surface area contributed by atoms with Gasteiger partial charge in [0.25, 0.3) is 0 Å². The molecule has 0 atom stereocenters. The molecule has 0 aliphatic heterocycles. The molecule has 1 saturated carbocycles. The van der Waals surface area contributed by atoms with Gasteiger partial charge >= 0.3 is 12.0 Å². The maximum Gasteiger partial charge on any atom is 0.317 e. The van der Waals surface area contributed by atoms with Crippen molar-refractivity contribution >= 4 is 12.0 Å². The average Bonchev–Trinajstić information content (AvgIpc) is 2.93. The fourth-order valence-corrected chi connectivity index (χ4v) is 2.61. The van der Waals surface area contributed by atoms with Crippen molar-refractivity contribution in [3.05, 3.63) is 0 Å². The molecule has 2 N–H and O–H groups in total. The molecule has 20 heavy (non-hydrogen) atoms. The predicted molar refractivity (Wildman–Crippen MR) is 77.8 cm³/mol. The van der Waals surface area contributed by atoms with Gasteiger partial charge in [-0.25, -0.2) is 4.79 Å². The van der Waals surface area contributed by atoms with E-state index >= 15 is 0 Å². The summed E-state index contributed by atoms with van der Waals surface area (Å²) in [5.74, 6) is -0.878. The largest absolute Gasteiger partial charge is 0.481 e. The van der Waals surface area contributed by atoms with Crippen LogP contribution in [-0.2, 0) is 4.79 Å². The summed E-state index contributed by atoms with van der Waals surface area (Å²) >= 11 is 0. The fourth-order valence-electron chi connectivity index (χ4n) is 2.61. The molecule has 0 aromatic carbocycles. The van der Waals surface area contributed by atoms with Gasteiger partial charge in [-0.15, -0.1) is 0 Å². The van der Waals surface area contributed by atoms with Gasteiger partial charge in [0.15, 0.2) is 0 Å². The number of urea groups is 1. The molecule has 0 radical (unpaired) electrons. The number of aliphatic carboxylic acids is 1. The number of carbonyl (C=O) groups is 2. The highest BCUT2D eigenvalue weighted by Gasteiger charge is 2.19. The van der Waals surface area contributed by atoms with E-state index in [9.17, 15) is 9.59 Å². The standard InChI is InChI=1S/C14H27N3O3/c1-3-17(10-8-13(18)19)14(20)15-9-11-16(2)12-6-4-5-7-12/h12H,3-11H2,1-2H3,(H,15,20)(H,18,19). The van der Waals surface area contributed by atoms with E-state index in [0.717, 1.165) is 6.54 Å². The topological polar surface area (TPSA) is 72.9 Å². The summed E-state index contributed by atoms with van der Waals surface area (Å²) in [6, 6.07) is 0.481. The highest BCUT2D eigenvalue weighted by Crippen LogP contribution is 2.21. The zero-order valence-electron chi connectivity index (χ0n) is 12.6. The predicted octanol–water partition coefficient (Wildman–Crippen LogP) is 1.37. The number of carboxylic acid groups (broad SMARTS) is 1. The molecule has 6 nitrogen and oxygen atoms in total. The number of rotatable bonds is 8. The third-order valence-electron chi connectivity index (χ3n) is 3.95. The van der Waals surface area contributed by atoms with E-state index in [1.165, 1.54) is 30.6 Å². The molecule has 0 aromatic heterocycles. The van der Waals surface area contributed by atoms with Crippen LogP contribution in [0.2, 0.25) is 0 Å². The second kappa shape index (κ2) is 8.79. The molecule has 0 unspecified atom stereocenters. The fraction of sp³-hybridized carbons (Fsp3) is 0.857. The minimum atomic E-state index is -0.878. The maximum atomic E-state index is 11.9. The van der Waals surface area contributed by atoms with Gasteiger partial charge in [0.05, 0.1) is 6.42 Å². The van der Waals surface area contributed by atoms with Gasteiger partial charge in [-0.3, -0.25) is 4.79 Å². The molecule has 1 rings (SSSR count). The van der Waals surface area contributed by atoms with Gasteiger partial charge in [-0.05, 0) is 26.8 Å². The Bertz CT molecular complexity index is 317. The number of hydrogen-bond acceptors (Lipinski definition) is 3. The van der Waals surface area contributed by atoms with E-state index in [4.69, 9.17) is 5.11 Å². The van der Waals surface area contributed by atoms with Gasteiger partial charge in [0.2, 0.25) is 0 Å². The molecule has 116 valence electrons. The van der Waals surface area contributed by atoms with E-state index in [2.05, 4.69) is 17.3 Å². The van der Waals surface area contributed by atoms with Crippen molar-refractivity contribution < 1.29 is 14.7 Å². The lowest BCUT2D eigenvalue weighted by atomic mass is 10.2. The van der Waals surface area contributed by atoms with Crippen LogP contribution >= 0.6 is 0 Å². The Morgan fingerprint density at radius 1 is 1.25 bits per heavy atom. The zero-order chi connectivity index (χ0) is 15.0. The molecule has 1 aliphatic rings. The molecule has 0 spiro atoms. The van der Waals surface area contributed by atoms with Crippen molar-refractivity contribution in [3.63, 3.8) is 0 Å². The van der Waals surface area contributed by atoms with Crippen LogP contribution in [-0.4, -0.2) is 66.2 Å². The third kappa shape index (κ3) is 5.77. The first kappa shape index (κ1) is 16.8. The van der Waals surface area contributed by atoms with Crippen LogP contribution in [0.1, 0.15) is 39.0 Å². The lowest BCUT2D eigenvalue weighted by Gasteiger charge is -2.25. The normalized spacial score (nSPS) is 15.6. The van der Waals surface area contributed by atoms with Crippen molar-refractivity contribution in [1.29, 1.82) is 0 Å². The summed E-state index contributed by atoms with van der Waals surface area (Å²) < 4.78 is 0. The summed E-state index contributed by atoms with van der Waals surface area (Å²) in [5, 5.41) is 11.5. The second-order valence-corrected chi connectivity index (χ2v) is 5.37. The molecular weight excluding hydrogens is 258 g/mol. The summed E-state index contributed by atoms with van der Waals surface area (Å²) in [6.07, 6.45) is 5.11. The maximum absolute atomic E-state index is 11.9. The van der Waals surface area contributed by atoms with Crippen LogP contribution < -0.4 is 5.32 Å². The van der Waals surface area contributed by atoms with E-state index in [1.807, 2.05) is 6.92 Å². The Balaban J connectivity index is 2.21. The number of carbonyl (C=O) groups excluding carboxylic acids is 1. The summed E-state index contributed by atoms with van der Waals surface area (Å²) in [5.41, 5.74) is 0. The molecule has 2 amide bonds. The minimum Gasteiger partial charge on any atom is -0.481 e. The smallest absolute Gasteiger partial charge is 0.317 e. The molecule has 1 fully saturated rings. The lowest BCUT2D eigenvalue weighted by Crippen LogP contribution is -2.44. The first-order valence-corrected chi connectivity index (χ1v) is 7.49. The second-order valence-electron chi connectivity index (χ2n) is 5.37. The number of hydrogen-bond donors (Lipinski definition) is 2. The van der Waals surface area contributed by atoms with Crippen molar-refractivity contribution in [1.82, 2.24) is 15.1 Å². The summed E-state index contributed by atoms with van der Waals surface area (Å²) in [6.45, 7) is 4.09. The highest BCUT2D eigenvalue weighted by molar-refractivity contribution is 5.75. The Morgan fingerprint density at radius 2 is 1.90 bits per heavy atom. The lowest BCUT2D eigenvalue weighted by molar-refractivity contribution is -0.137. The van der Waals surface area contributed by atoms with Crippen LogP contribution in [0.4, 0.5) is 4.79 Å². The van der Waals surface area contributed by atoms with Gasteiger partial charge in [-0.1, -0.05) is 12.8 Å². The highest BCUT2D eigenvalue weighted by atomic mass is 16.4. The third-order valence-corrected chi connectivity index (χ3v) is 3.95. The van der Waals surface area contributed by atoms with Crippen LogP contribution in [0.5, 0.6) is 0 Å². The molecule has 0 bridgehead atoms. The minimum absolute atomic E-state index is 0.0107. The van der Waals surface area contributed by atoms with Gasteiger partial charge < -0.3 is 20.2 Å². The van der Waals surface area contributed by atoms with E-state index in [0.29, 0.717) is 19.1 Å². The first-order chi connectivity index (χ1) is 9.54. The quantitative estimate of drug-likeness (QED) is 0.706. The zero-order valence-corrected chi connectivity index (χ0v) is 12.6. The molecular formula is C14H27N3O3. The number of likely N-dealkylation sites (N-methyl/N-ethyl adjacent to an activating group) is 1. The van der Waals surface area contributed by atoms with Crippen LogP contribution in [0, 0.1) is 0 Å². The SMILES string of the molecule is CCN(CCC(=O)O)C(=O)NCCN(C)C1CCCC1. The summed E-state index contributed by atoms with van der Waals surface area (Å²) in [4.78, 5) is 26.3. The van der Waals surface area contributed by atoms with E-state index < -0.39 is 5.97 Å². The van der Waals surface area contributed by atoms with Crippen molar-refractivity contribution in [2.24, 2.45) is 0 Å². The van der Waals surface area contributed by atoms with Gasteiger partial charge in [-0.2, -0.15) is 0 Å². The van der Waals surface area contributed by atoms with Crippen LogP contribution in [0.25, 0.3) is 0 Å². The van der Waals surface area contributed by atoms with Gasteiger partial charge in [0.1, 0.15) is 0 Å². The number of nitrogens with one attached hydrogen (secondary N) is 1. The van der Waals surface area contributed by atoms with Crippen LogP contribution in [0.15, 0.2) is 0 Å². The van der Waals surface area contributed by atoms with Crippen molar-refractivity contribution in [3.8, 4) is 0 Å². The summed E-state index contributed by atoms with van der Waals surface area (Å²) in [7, 11) is 2.10. The van der Waals surface area contributed by atoms with Gasteiger partial charge in [0, 0.05) is 32.2 Å². The van der Waals surface area contributed by atoms with Crippen molar-refractivity contribution in [2.45, 2.75) is 45.1 Å². The van der Waals surface area contributed by atoms with E-state index in [-0.39, 0.29) is 19.0 Å². The monoisotopic (exact) mass is 285 g/mol. The molecule has 1 aliphatic carbocycles. The van der Waals surface area contributed by atoms with Crippen LogP contribution in [0.3, 0.4) is 0 Å². The Kier molecular flexibility index (Phi) is 7.36. The molecule has 0 saturated heterocycles. The number of amides is 2. The Hall–Kier alpha value is -1.30. The van der Waals surface area contributed by atoms with Crippen molar-refractivity contribution in [2.75, 3.05) is 33.2 Å². The Morgan fingerprint density at radius 3 is 2.45 bits per heavy atom. The Labute approximate surface area is 121 Å². The molecule has 0 heterocycles. The average molecular weight is 285 g/mol. The molecule has 6 heteroatoms. The molecule has 0 aromatic rings. The first-order valence-electron chi connectivity index (χ1n) is 7.49. The number of carboxylic acids is 1. The van der Waals surface area contributed by atoms with E-state index in [1.54, 1.807) is 0 Å².